The summed E-state index contributed by atoms with van der Waals surface area (Å²) in [5.41, 5.74) is 0. The zero-order valence-corrected chi connectivity index (χ0v) is 10.7. The van der Waals surface area contributed by atoms with E-state index in [0.29, 0.717) is 6.10 Å². The third kappa shape index (κ3) is 4.06. The SMILES string of the molecule is CC1CCC(CNCC2CCCCO2)CC1. The van der Waals surface area contributed by atoms with Crippen LogP contribution in [0, 0.1) is 11.8 Å². The van der Waals surface area contributed by atoms with E-state index < -0.39 is 0 Å². The third-order valence-electron chi connectivity index (χ3n) is 4.21. The molecule has 1 aliphatic carbocycles. The lowest BCUT2D eigenvalue weighted by molar-refractivity contribution is 0.0162. The van der Waals surface area contributed by atoms with Gasteiger partial charge in [-0.3, -0.25) is 0 Å². The minimum atomic E-state index is 0.497. The Bertz CT molecular complexity index is 181. The summed E-state index contributed by atoms with van der Waals surface area (Å²) in [4.78, 5) is 0. The van der Waals surface area contributed by atoms with Gasteiger partial charge in [0.25, 0.3) is 0 Å². The molecule has 94 valence electrons. The second-order valence-electron chi connectivity index (χ2n) is 5.77. The number of hydrogen-bond acceptors (Lipinski definition) is 2. The Kier molecular flexibility index (Phi) is 5.11. The van der Waals surface area contributed by atoms with Crippen LogP contribution in [0.4, 0.5) is 0 Å². The van der Waals surface area contributed by atoms with E-state index in [0.717, 1.165) is 25.0 Å². The molecule has 1 heterocycles. The fourth-order valence-corrected chi connectivity index (χ4v) is 2.95. The third-order valence-corrected chi connectivity index (χ3v) is 4.21. The first kappa shape index (κ1) is 12.4. The van der Waals surface area contributed by atoms with E-state index in [9.17, 15) is 0 Å². The molecule has 2 fully saturated rings. The van der Waals surface area contributed by atoms with Crippen molar-refractivity contribution in [1.29, 1.82) is 0 Å². The van der Waals surface area contributed by atoms with Crippen LogP contribution in [-0.2, 0) is 4.74 Å². The predicted octanol–water partition coefficient (Wildman–Crippen LogP) is 2.97. The van der Waals surface area contributed by atoms with Crippen molar-refractivity contribution in [2.24, 2.45) is 11.8 Å². The largest absolute Gasteiger partial charge is 0.377 e. The zero-order valence-electron chi connectivity index (χ0n) is 10.7. The van der Waals surface area contributed by atoms with Crippen molar-refractivity contribution < 1.29 is 4.74 Å². The molecule has 2 nitrogen and oxygen atoms in total. The van der Waals surface area contributed by atoms with Crippen LogP contribution in [0.5, 0.6) is 0 Å². The molecule has 16 heavy (non-hydrogen) atoms. The van der Waals surface area contributed by atoms with E-state index in [1.54, 1.807) is 0 Å². The van der Waals surface area contributed by atoms with Gasteiger partial charge in [-0.15, -0.1) is 0 Å². The Labute approximate surface area is 100 Å². The molecular formula is C14H27NO. The molecule has 1 saturated carbocycles. The molecule has 2 heteroatoms. The highest BCUT2D eigenvalue weighted by Crippen LogP contribution is 2.27. The fourth-order valence-electron chi connectivity index (χ4n) is 2.95. The van der Waals surface area contributed by atoms with Crippen LogP contribution < -0.4 is 5.32 Å². The molecule has 2 rings (SSSR count). The summed E-state index contributed by atoms with van der Waals surface area (Å²) < 4.78 is 5.72. The minimum absolute atomic E-state index is 0.497. The van der Waals surface area contributed by atoms with Gasteiger partial charge >= 0.3 is 0 Å². The molecule has 0 aromatic carbocycles. The maximum Gasteiger partial charge on any atom is 0.0699 e. The fraction of sp³-hybridized carbons (Fsp3) is 1.00. The smallest absolute Gasteiger partial charge is 0.0699 e. The lowest BCUT2D eigenvalue weighted by Crippen LogP contribution is -2.35. The lowest BCUT2D eigenvalue weighted by atomic mass is 9.83. The summed E-state index contributed by atoms with van der Waals surface area (Å²) in [6, 6.07) is 0. The highest BCUT2D eigenvalue weighted by molar-refractivity contribution is 4.73. The summed E-state index contributed by atoms with van der Waals surface area (Å²) in [6.07, 6.45) is 10.1. The molecule has 0 radical (unpaired) electrons. The Balaban J connectivity index is 1.53. The molecule has 1 atom stereocenters. The second kappa shape index (κ2) is 6.61. The normalized spacial score (nSPS) is 36.2. The van der Waals surface area contributed by atoms with Crippen LogP contribution in [0.25, 0.3) is 0 Å². The Hall–Kier alpha value is -0.0800. The average Bonchev–Trinajstić information content (AvgIpc) is 2.33. The minimum Gasteiger partial charge on any atom is -0.377 e. The summed E-state index contributed by atoms with van der Waals surface area (Å²) in [5, 5.41) is 3.61. The molecule has 0 aromatic rings. The first-order valence-corrected chi connectivity index (χ1v) is 7.17. The van der Waals surface area contributed by atoms with Crippen molar-refractivity contribution in [2.75, 3.05) is 19.7 Å². The maximum absolute atomic E-state index is 5.72. The van der Waals surface area contributed by atoms with Gasteiger partial charge in [-0.25, -0.2) is 0 Å². The number of nitrogens with one attached hydrogen (secondary N) is 1. The van der Waals surface area contributed by atoms with Gasteiger partial charge in [0.1, 0.15) is 0 Å². The Morgan fingerprint density at radius 3 is 2.50 bits per heavy atom. The lowest BCUT2D eigenvalue weighted by Gasteiger charge is -2.28. The number of ether oxygens (including phenoxy) is 1. The van der Waals surface area contributed by atoms with Crippen molar-refractivity contribution in [3.63, 3.8) is 0 Å². The van der Waals surface area contributed by atoms with E-state index in [1.165, 1.54) is 51.5 Å². The molecule has 0 bridgehead atoms. The summed E-state index contributed by atoms with van der Waals surface area (Å²) in [7, 11) is 0. The Morgan fingerprint density at radius 2 is 1.81 bits per heavy atom. The molecule has 1 unspecified atom stereocenters. The van der Waals surface area contributed by atoms with E-state index in [2.05, 4.69) is 12.2 Å². The predicted molar refractivity (Wildman–Crippen MR) is 67.6 cm³/mol. The van der Waals surface area contributed by atoms with Crippen LogP contribution >= 0.6 is 0 Å². The maximum atomic E-state index is 5.72. The van der Waals surface area contributed by atoms with Crippen molar-refractivity contribution in [3.8, 4) is 0 Å². The highest BCUT2D eigenvalue weighted by Gasteiger charge is 2.18. The van der Waals surface area contributed by atoms with Crippen molar-refractivity contribution >= 4 is 0 Å². The number of hydrogen-bond donors (Lipinski definition) is 1. The van der Waals surface area contributed by atoms with Crippen LogP contribution in [0.2, 0.25) is 0 Å². The van der Waals surface area contributed by atoms with Crippen molar-refractivity contribution in [1.82, 2.24) is 5.32 Å². The summed E-state index contributed by atoms with van der Waals surface area (Å²) >= 11 is 0. The Morgan fingerprint density at radius 1 is 1.00 bits per heavy atom. The van der Waals surface area contributed by atoms with Gasteiger partial charge in [0.05, 0.1) is 6.10 Å². The van der Waals surface area contributed by atoms with Crippen LogP contribution in [-0.4, -0.2) is 25.8 Å². The molecule has 1 saturated heterocycles. The zero-order chi connectivity index (χ0) is 11.2. The van der Waals surface area contributed by atoms with Crippen LogP contribution in [0.3, 0.4) is 0 Å². The van der Waals surface area contributed by atoms with Gasteiger partial charge in [0.15, 0.2) is 0 Å². The van der Waals surface area contributed by atoms with Gasteiger partial charge in [-0.2, -0.15) is 0 Å². The van der Waals surface area contributed by atoms with Crippen LogP contribution in [0.15, 0.2) is 0 Å². The first-order chi connectivity index (χ1) is 7.84. The first-order valence-electron chi connectivity index (χ1n) is 7.17. The van der Waals surface area contributed by atoms with Gasteiger partial charge in [0, 0.05) is 13.2 Å². The van der Waals surface area contributed by atoms with E-state index in [4.69, 9.17) is 4.74 Å². The van der Waals surface area contributed by atoms with Gasteiger partial charge in [0.2, 0.25) is 0 Å². The molecule has 2 aliphatic rings. The summed E-state index contributed by atoms with van der Waals surface area (Å²) in [5.74, 6) is 1.90. The van der Waals surface area contributed by atoms with Crippen LogP contribution in [0.1, 0.15) is 51.9 Å². The quantitative estimate of drug-likeness (QED) is 0.794. The average molecular weight is 225 g/mol. The molecule has 0 aromatic heterocycles. The molecule has 0 amide bonds. The standard InChI is InChI=1S/C14H27NO/c1-12-5-7-13(8-6-12)10-15-11-14-4-2-3-9-16-14/h12-15H,2-11H2,1H3. The van der Waals surface area contributed by atoms with E-state index >= 15 is 0 Å². The monoisotopic (exact) mass is 225 g/mol. The van der Waals surface area contributed by atoms with E-state index in [-0.39, 0.29) is 0 Å². The second-order valence-corrected chi connectivity index (χ2v) is 5.77. The number of rotatable bonds is 4. The highest BCUT2D eigenvalue weighted by atomic mass is 16.5. The van der Waals surface area contributed by atoms with Gasteiger partial charge in [-0.05, 0) is 50.5 Å². The van der Waals surface area contributed by atoms with E-state index in [1.807, 2.05) is 0 Å². The van der Waals surface area contributed by atoms with Crippen molar-refractivity contribution in [2.45, 2.75) is 58.0 Å². The van der Waals surface area contributed by atoms with Crippen molar-refractivity contribution in [3.05, 3.63) is 0 Å². The molecule has 0 spiro atoms. The van der Waals surface area contributed by atoms with Gasteiger partial charge in [-0.1, -0.05) is 19.8 Å². The molecule has 1 aliphatic heterocycles. The topological polar surface area (TPSA) is 21.3 Å². The molecular weight excluding hydrogens is 198 g/mol. The summed E-state index contributed by atoms with van der Waals surface area (Å²) in [6.45, 7) is 5.66. The molecule has 1 N–H and O–H groups in total. The van der Waals surface area contributed by atoms with Gasteiger partial charge < -0.3 is 10.1 Å².